The molecule has 4 nitrogen and oxygen atoms in total. The van der Waals surface area contributed by atoms with Gasteiger partial charge in [-0.05, 0) is 67.9 Å². The van der Waals surface area contributed by atoms with E-state index in [2.05, 4.69) is 5.32 Å². The molecule has 23 heavy (non-hydrogen) atoms. The van der Waals surface area contributed by atoms with E-state index >= 15 is 0 Å². The number of hydrogen-bond donors (Lipinski definition) is 2. The lowest BCUT2D eigenvalue weighted by atomic mass is 9.53. The van der Waals surface area contributed by atoms with E-state index in [0.29, 0.717) is 13.0 Å². The molecule has 4 aliphatic rings. The molecule has 4 saturated carbocycles. The molecule has 0 heterocycles. The second-order valence-corrected chi connectivity index (χ2v) is 7.91. The normalized spacial score (nSPS) is 34.3. The van der Waals surface area contributed by atoms with Gasteiger partial charge in [0.1, 0.15) is 0 Å². The number of nitrogens with two attached hydrogens (primary N) is 1. The van der Waals surface area contributed by atoms with Gasteiger partial charge in [-0.1, -0.05) is 18.2 Å². The zero-order valence-electron chi connectivity index (χ0n) is 13.6. The summed E-state index contributed by atoms with van der Waals surface area (Å²) in [5.41, 5.74) is 7.74. The van der Waals surface area contributed by atoms with E-state index in [1.807, 2.05) is 24.3 Å². The van der Waals surface area contributed by atoms with E-state index in [0.717, 1.165) is 48.3 Å². The van der Waals surface area contributed by atoms with Crippen molar-refractivity contribution in [2.75, 3.05) is 12.3 Å². The first kappa shape index (κ1) is 14.9. The van der Waals surface area contributed by atoms with Crippen LogP contribution in [0.4, 0.5) is 10.5 Å². The maximum atomic E-state index is 12.2. The van der Waals surface area contributed by atoms with Crippen LogP contribution in [-0.2, 0) is 11.2 Å². The molecule has 4 fully saturated rings. The third-order valence-corrected chi connectivity index (χ3v) is 6.07. The van der Waals surface area contributed by atoms with E-state index in [1.54, 1.807) is 0 Å². The van der Waals surface area contributed by atoms with Crippen LogP contribution < -0.4 is 11.1 Å². The lowest BCUT2D eigenvalue weighted by Crippen LogP contribution is -2.59. The SMILES string of the molecule is Nc1ccccc1CCOC(=O)NC12CC3CC(CC(C3)C1)C2. The van der Waals surface area contributed by atoms with Gasteiger partial charge in [0, 0.05) is 17.6 Å². The molecule has 0 saturated heterocycles. The van der Waals surface area contributed by atoms with Crippen LogP contribution in [0.3, 0.4) is 0 Å². The lowest BCUT2D eigenvalue weighted by molar-refractivity contribution is -0.0190. The molecule has 4 bridgehead atoms. The third-order valence-electron chi connectivity index (χ3n) is 6.07. The number of para-hydroxylation sites is 1. The number of ether oxygens (including phenoxy) is 1. The molecule has 0 atom stereocenters. The van der Waals surface area contributed by atoms with E-state index in [9.17, 15) is 4.79 Å². The van der Waals surface area contributed by atoms with Crippen LogP contribution in [0, 0.1) is 17.8 Å². The summed E-state index contributed by atoms with van der Waals surface area (Å²) in [4.78, 5) is 12.2. The van der Waals surface area contributed by atoms with Crippen molar-refractivity contribution in [3.8, 4) is 0 Å². The summed E-state index contributed by atoms with van der Waals surface area (Å²) in [6.07, 6.45) is 8.01. The van der Waals surface area contributed by atoms with Crippen LogP contribution in [-0.4, -0.2) is 18.2 Å². The van der Waals surface area contributed by atoms with Crippen molar-refractivity contribution in [2.24, 2.45) is 17.8 Å². The summed E-state index contributed by atoms with van der Waals surface area (Å²) >= 11 is 0. The molecule has 4 aliphatic carbocycles. The molecule has 4 heteroatoms. The first-order chi connectivity index (χ1) is 11.1. The zero-order chi connectivity index (χ0) is 15.9. The Kier molecular flexibility index (Phi) is 3.70. The standard InChI is InChI=1S/C19H26N2O2/c20-17-4-2-1-3-16(17)5-6-23-18(22)21-19-10-13-7-14(11-19)9-15(8-13)12-19/h1-4,13-15H,5-12,20H2,(H,21,22). The van der Waals surface area contributed by atoms with Crippen molar-refractivity contribution < 1.29 is 9.53 Å². The predicted octanol–water partition coefficient (Wildman–Crippen LogP) is 3.51. The highest BCUT2D eigenvalue weighted by atomic mass is 16.5. The lowest BCUT2D eigenvalue weighted by Gasteiger charge is -2.56. The summed E-state index contributed by atoms with van der Waals surface area (Å²) in [5, 5.41) is 3.23. The quantitative estimate of drug-likeness (QED) is 0.836. The van der Waals surface area contributed by atoms with Crippen LogP contribution in [0.1, 0.15) is 44.1 Å². The van der Waals surface area contributed by atoms with Crippen molar-refractivity contribution in [3.63, 3.8) is 0 Å². The minimum Gasteiger partial charge on any atom is -0.449 e. The Balaban J connectivity index is 1.30. The maximum Gasteiger partial charge on any atom is 0.407 e. The van der Waals surface area contributed by atoms with Gasteiger partial charge >= 0.3 is 6.09 Å². The second kappa shape index (κ2) is 5.73. The molecule has 0 aliphatic heterocycles. The number of alkyl carbamates (subject to hydrolysis) is 1. The van der Waals surface area contributed by atoms with E-state index in [4.69, 9.17) is 10.5 Å². The average molecular weight is 314 g/mol. The first-order valence-electron chi connectivity index (χ1n) is 8.90. The molecule has 0 spiro atoms. The number of benzene rings is 1. The van der Waals surface area contributed by atoms with Gasteiger partial charge in [-0.2, -0.15) is 0 Å². The minimum absolute atomic E-state index is 0.0254. The van der Waals surface area contributed by atoms with Gasteiger partial charge in [0.05, 0.1) is 6.61 Å². The van der Waals surface area contributed by atoms with Gasteiger partial charge in [0.2, 0.25) is 0 Å². The Morgan fingerprint density at radius 2 is 1.74 bits per heavy atom. The number of carbonyl (C=O) groups excluding carboxylic acids is 1. The number of carbonyl (C=O) groups is 1. The van der Waals surface area contributed by atoms with Crippen molar-refractivity contribution in [1.82, 2.24) is 5.32 Å². The van der Waals surface area contributed by atoms with Crippen LogP contribution in [0.25, 0.3) is 0 Å². The van der Waals surface area contributed by atoms with Gasteiger partial charge in [-0.15, -0.1) is 0 Å². The van der Waals surface area contributed by atoms with Gasteiger partial charge < -0.3 is 15.8 Å². The number of nitrogen functional groups attached to an aromatic ring is 1. The topological polar surface area (TPSA) is 64.3 Å². The fourth-order valence-electron chi connectivity index (χ4n) is 5.53. The number of rotatable bonds is 4. The molecule has 0 unspecified atom stereocenters. The Morgan fingerprint density at radius 3 is 2.35 bits per heavy atom. The summed E-state index contributed by atoms with van der Waals surface area (Å²) in [6, 6.07) is 7.74. The fraction of sp³-hybridized carbons (Fsp3) is 0.632. The summed E-state index contributed by atoms with van der Waals surface area (Å²) in [5.74, 6) is 2.47. The number of hydrogen-bond acceptors (Lipinski definition) is 3. The van der Waals surface area contributed by atoms with Gasteiger partial charge in [0.25, 0.3) is 0 Å². The van der Waals surface area contributed by atoms with Gasteiger partial charge in [0.15, 0.2) is 0 Å². The molecular weight excluding hydrogens is 288 g/mol. The largest absolute Gasteiger partial charge is 0.449 e. The maximum absolute atomic E-state index is 12.2. The molecular formula is C19H26N2O2. The minimum atomic E-state index is -0.249. The zero-order valence-corrected chi connectivity index (χ0v) is 13.6. The third kappa shape index (κ3) is 3.04. The number of amides is 1. The smallest absolute Gasteiger partial charge is 0.407 e. The molecule has 5 rings (SSSR count). The second-order valence-electron chi connectivity index (χ2n) is 7.91. The average Bonchev–Trinajstić information content (AvgIpc) is 2.47. The van der Waals surface area contributed by atoms with Crippen molar-refractivity contribution in [3.05, 3.63) is 29.8 Å². The Bertz CT molecular complexity index is 564. The van der Waals surface area contributed by atoms with Crippen molar-refractivity contribution in [2.45, 2.75) is 50.5 Å². The molecule has 3 N–H and O–H groups in total. The van der Waals surface area contributed by atoms with E-state index in [-0.39, 0.29) is 11.6 Å². The summed E-state index contributed by atoms with van der Waals surface area (Å²) in [6.45, 7) is 0.381. The Morgan fingerprint density at radius 1 is 1.13 bits per heavy atom. The molecule has 1 aromatic rings. The molecule has 1 aromatic carbocycles. The van der Waals surface area contributed by atoms with E-state index < -0.39 is 0 Å². The summed E-state index contributed by atoms with van der Waals surface area (Å²) < 4.78 is 5.43. The van der Waals surface area contributed by atoms with Crippen LogP contribution in [0.5, 0.6) is 0 Å². The van der Waals surface area contributed by atoms with Gasteiger partial charge in [-0.25, -0.2) is 4.79 Å². The molecule has 0 aromatic heterocycles. The van der Waals surface area contributed by atoms with Crippen LogP contribution in [0.2, 0.25) is 0 Å². The molecule has 0 radical (unpaired) electrons. The van der Waals surface area contributed by atoms with Crippen LogP contribution >= 0.6 is 0 Å². The highest BCUT2D eigenvalue weighted by Crippen LogP contribution is 2.55. The number of nitrogens with one attached hydrogen (secondary N) is 1. The fourth-order valence-corrected chi connectivity index (χ4v) is 5.53. The molecule has 1 amide bonds. The molecule has 124 valence electrons. The van der Waals surface area contributed by atoms with E-state index in [1.165, 1.54) is 19.3 Å². The number of anilines is 1. The first-order valence-corrected chi connectivity index (χ1v) is 8.90. The predicted molar refractivity (Wildman–Crippen MR) is 89.9 cm³/mol. The van der Waals surface area contributed by atoms with Gasteiger partial charge in [-0.3, -0.25) is 0 Å². The van der Waals surface area contributed by atoms with Crippen molar-refractivity contribution >= 4 is 11.8 Å². The van der Waals surface area contributed by atoms with Crippen molar-refractivity contribution in [1.29, 1.82) is 0 Å². The Hall–Kier alpha value is -1.71. The highest BCUT2D eigenvalue weighted by Gasteiger charge is 2.51. The monoisotopic (exact) mass is 314 g/mol. The van der Waals surface area contributed by atoms with Crippen LogP contribution in [0.15, 0.2) is 24.3 Å². The highest BCUT2D eigenvalue weighted by molar-refractivity contribution is 5.68. The summed E-state index contributed by atoms with van der Waals surface area (Å²) in [7, 11) is 0. The Labute approximate surface area is 137 Å².